The summed E-state index contributed by atoms with van der Waals surface area (Å²) in [4.78, 5) is 17.5. The molecule has 7 heteroatoms. The number of aryl methyl sites for hydroxylation is 1. The number of hydrogen-bond donors (Lipinski definition) is 1. The first kappa shape index (κ1) is 19.8. The van der Waals surface area contributed by atoms with Crippen LogP contribution >= 0.6 is 0 Å². The molecule has 0 bridgehead atoms. The summed E-state index contributed by atoms with van der Waals surface area (Å²) in [5.41, 5.74) is 2.85. The fraction of sp³-hybridized carbons (Fsp3) is 0.381. The van der Waals surface area contributed by atoms with Gasteiger partial charge in [0.05, 0.1) is 36.1 Å². The molecule has 0 radical (unpaired) electrons. The van der Waals surface area contributed by atoms with Crippen LogP contribution in [-0.2, 0) is 11.8 Å². The van der Waals surface area contributed by atoms with E-state index in [-0.39, 0.29) is 12.0 Å². The molecule has 1 aromatic carbocycles. The first-order valence-corrected chi connectivity index (χ1v) is 9.36. The van der Waals surface area contributed by atoms with Gasteiger partial charge in [-0.2, -0.15) is 5.10 Å². The van der Waals surface area contributed by atoms with Gasteiger partial charge in [0.2, 0.25) is 0 Å². The van der Waals surface area contributed by atoms with Crippen LogP contribution in [0, 0.1) is 0 Å². The number of rotatable bonds is 8. The van der Waals surface area contributed by atoms with E-state index >= 15 is 0 Å². The van der Waals surface area contributed by atoms with Crippen LogP contribution in [0.1, 0.15) is 30.6 Å². The molecule has 3 aromatic rings. The highest BCUT2D eigenvalue weighted by Gasteiger charge is 2.16. The zero-order chi connectivity index (χ0) is 20.1. The quantitative estimate of drug-likeness (QED) is 0.606. The van der Waals surface area contributed by atoms with Gasteiger partial charge in [-0.1, -0.05) is 0 Å². The first-order chi connectivity index (χ1) is 13.5. The number of nitrogens with zero attached hydrogens (tertiary/aromatic N) is 3. The summed E-state index contributed by atoms with van der Waals surface area (Å²) in [6.45, 7) is 5.16. The Balaban J connectivity index is 1.85. The molecular formula is C21H26N4O3. The van der Waals surface area contributed by atoms with Gasteiger partial charge in [-0.15, -0.1) is 0 Å². The van der Waals surface area contributed by atoms with Crippen LogP contribution in [0.3, 0.4) is 0 Å². The number of amides is 1. The number of aromatic nitrogens is 3. The van der Waals surface area contributed by atoms with E-state index in [0.717, 1.165) is 23.1 Å². The molecule has 0 saturated carbocycles. The van der Waals surface area contributed by atoms with E-state index in [9.17, 15) is 4.79 Å². The molecule has 0 aliphatic rings. The Morgan fingerprint density at radius 3 is 2.68 bits per heavy atom. The Hall–Kier alpha value is -2.93. The minimum absolute atomic E-state index is 0.139. The molecule has 0 aliphatic carbocycles. The lowest BCUT2D eigenvalue weighted by atomic mass is 10.1. The lowest BCUT2D eigenvalue weighted by molar-refractivity contribution is 0.0757. The van der Waals surface area contributed by atoms with Gasteiger partial charge in [-0.25, -0.2) is 4.98 Å². The van der Waals surface area contributed by atoms with Crippen LogP contribution < -0.4 is 10.1 Å². The first-order valence-electron chi connectivity index (χ1n) is 9.36. The van der Waals surface area contributed by atoms with Crippen molar-refractivity contribution in [1.82, 2.24) is 20.1 Å². The van der Waals surface area contributed by atoms with Crippen molar-refractivity contribution in [2.24, 2.45) is 7.05 Å². The summed E-state index contributed by atoms with van der Waals surface area (Å²) in [7, 11) is 3.45. The van der Waals surface area contributed by atoms with Crippen LogP contribution in [0.2, 0.25) is 0 Å². The number of pyridine rings is 1. The average Bonchev–Trinajstić information content (AvgIpc) is 3.07. The minimum Gasteiger partial charge on any atom is -0.497 e. The molecule has 1 amide bonds. The van der Waals surface area contributed by atoms with Crippen molar-refractivity contribution >= 4 is 16.9 Å². The number of ether oxygens (including phenoxy) is 2. The monoisotopic (exact) mass is 382 g/mol. The SMILES string of the molecule is COc1ccc(-c2cc(C(=O)NCCCOC(C)C)c3cnn(C)c3n2)cc1. The van der Waals surface area contributed by atoms with Crippen molar-refractivity contribution < 1.29 is 14.3 Å². The second-order valence-electron chi connectivity index (χ2n) is 6.82. The number of methoxy groups -OCH3 is 1. The van der Waals surface area contributed by atoms with Crippen molar-refractivity contribution in [1.29, 1.82) is 0 Å². The van der Waals surface area contributed by atoms with Crippen molar-refractivity contribution in [3.8, 4) is 17.0 Å². The molecular weight excluding hydrogens is 356 g/mol. The van der Waals surface area contributed by atoms with Crippen LogP contribution in [0.15, 0.2) is 36.5 Å². The summed E-state index contributed by atoms with van der Waals surface area (Å²) in [5, 5.41) is 7.96. The predicted molar refractivity (Wildman–Crippen MR) is 109 cm³/mol. The van der Waals surface area contributed by atoms with Gasteiger partial charge < -0.3 is 14.8 Å². The van der Waals surface area contributed by atoms with E-state index in [2.05, 4.69) is 10.4 Å². The third kappa shape index (κ3) is 4.48. The molecule has 0 fully saturated rings. The van der Waals surface area contributed by atoms with E-state index in [1.54, 1.807) is 18.0 Å². The van der Waals surface area contributed by atoms with E-state index in [1.165, 1.54) is 0 Å². The second-order valence-corrected chi connectivity index (χ2v) is 6.82. The third-order valence-electron chi connectivity index (χ3n) is 4.39. The molecule has 0 spiro atoms. The van der Waals surface area contributed by atoms with Crippen molar-refractivity contribution in [3.05, 3.63) is 42.1 Å². The maximum atomic E-state index is 12.8. The third-order valence-corrected chi connectivity index (χ3v) is 4.39. The maximum absolute atomic E-state index is 12.8. The molecule has 0 saturated heterocycles. The van der Waals surface area contributed by atoms with Gasteiger partial charge in [-0.05, 0) is 50.6 Å². The summed E-state index contributed by atoms with van der Waals surface area (Å²) < 4.78 is 12.4. The molecule has 2 heterocycles. The molecule has 148 valence electrons. The Bertz CT molecular complexity index is 948. The highest BCUT2D eigenvalue weighted by atomic mass is 16.5. The molecule has 0 aliphatic heterocycles. The van der Waals surface area contributed by atoms with E-state index in [0.29, 0.717) is 30.1 Å². The lowest BCUT2D eigenvalue weighted by Crippen LogP contribution is -2.26. The van der Waals surface area contributed by atoms with E-state index in [4.69, 9.17) is 14.5 Å². The topological polar surface area (TPSA) is 78.3 Å². The van der Waals surface area contributed by atoms with Crippen molar-refractivity contribution in [3.63, 3.8) is 0 Å². The van der Waals surface area contributed by atoms with Gasteiger partial charge in [0.15, 0.2) is 5.65 Å². The predicted octanol–water partition coefficient (Wildman–Crippen LogP) is 3.19. The maximum Gasteiger partial charge on any atom is 0.252 e. The zero-order valence-corrected chi connectivity index (χ0v) is 16.7. The zero-order valence-electron chi connectivity index (χ0n) is 16.7. The minimum atomic E-state index is -0.139. The van der Waals surface area contributed by atoms with Gasteiger partial charge >= 0.3 is 0 Å². The largest absolute Gasteiger partial charge is 0.497 e. The summed E-state index contributed by atoms with van der Waals surface area (Å²) >= 11 is 0. The van der Waals surface area contributed by atoms with Gasteiger partial charge in [0, 0.05) is 25.8 Å². The van der Waals surface area contributed by atoms with Gasteiger partial charge in [0.25, 0.3) is 5.91 Å². The number of fused-ring (bicyclic) bond motifs is 1. The Morgan fingerprint density at radius 1 is 1.25 bits per heavy atom. The molecule has 1 N–H and O–H groups in total. The van der Waals surface area contributed by atoms with Crippen molar-refractivity contribution in [2.75, 3.05) is 20.3 Å². The lowest BCUT2D eigenvalue weighted by Gasteiger charge is -2.10. The normalized spacial score (nSPS) is 11.2. The highest BCUT2D eigenvalue weighted by Crippen LogP contribution is 2.26. The Kier molecular flexibility index (Phi) is 6.26. The summed E-state index contributed by atoms with van der Waals surface area (Å²) in [6, 6.07) is 9.41. The number of benzene rings is 1. The second kappa shape index (κ2) is 8.84. The molecule has 0 unspecified atom stereocenters. The van der Waals surface area contributed by atoms with Crippen LogP contribution in [0.25, 0.3) is 22.3 Å². The molecule has 28 heavy (non-hydrogen) atoms. The van der Waals surface area contributed by atoms with Crippen LogP contribution in [-0.4, -0.2) is 47.0 Å². The number of hydrogen-bond acceptors (Lipinski definition) is 5. The van der Waals surface area contributed by atoms with E-state index < -0.39 is 0 Å². The van der Waals surface area contributed by atoms with Gasteiger partial charge in [0.1, 0.15) is 5.75 Å². The average molecular weight is 382 g/mol. The van der Waals surface area contributed by atoms with Gasteiger partial charge in [-0.3, -0.25) is 9.48 Å². The molecule has 7 nitrogen and oxygen atoms in total. The summed E-state index contributed by atoms with van der Waals surface area (Å²) in [5.74, 6) is 0.631. The van der Waals surface area contributed by atoms with Crippen LogP contribution in [0.4, 0.5) is 0 Å². The van der Waals surface area contributed by atoms with E-state index in [1.807, 2.05) is 51.2 Å². The fourth-order valence-corrected chi connectivity index (χ4v) is 2.90. The molecule has 3 rings (SSSR count). The smallest absolute Gasteiger partial charge is 0.252 e. The Morgan fingerprint density at radius 2 is 2.00 bits per heavy atom. The number of nitrogens with one attached hydrogen (secondary N) is 1. The number of carbonyl (C=O) groups is 1. The van der Waals surface area contributed by atoms with Crippen molar-refractivity contribution in [2.45, 2.75) is 26.4 Å². The number of carbonyl (C=O) groups excluding carboxylic acids is 1. The molecule has 2 aromatic heterocycles. The fourth-order valence-electron chi connectivity index (χ4n) is 2.90. The van der Waals surface area contributed by atoms with Crippen LogP contribution in [0.5, 0.6) is 5.75 Å². The highest BCUT2D eigenvalue weighted by molar-refractivity contribution is 6.06. The summed E-state index contributed by atoms with van der Waals surface area (Å²) in [6.07, 6.45) is 2.63. The molecule has 0 atom stereocenters. The standard InChI is InChI=1S/C21H26N4O3/c1-14(2)28-11-5-10-22-21(26)17-12-19(15-6-8-16(27-4)9-7-15)24-20-18(17)13-23-25(20)3/h6-9,12-14H,5,10-11H2,1-4H3,(H,22,26). The Labute approximate surface area is 164 Å².